The summed E-state index contributed by atoms with van der Waals surface area (Å²) in [6.07, 6.45) is 1.99. The molecule has 0 aliphatic rings. The fourth-order valence-corrected chi connectivity index (χ4v) is 2.41. The first-order valence-corrected chi connectivity index (χ1v) is 7.17. The summed E-state index contributed by atoms with van der Waals surface area (Å²) in [6.45, 7) is 3.41. The molecule has 0 unspecified atom stereocenters. The van der Waals surface area contributed by atoms with Crippen molar-refractivity contribution in [2.45, 2.75) is 32.7 Å². The standard InChI is InChI=1S/C14H19N3O2S/c1-2-9-19-11-6-3-5-10-13(11)16-14(20)17(10)8-4-7-12(15)18/h3,5-6H,2,4,7-9H2,1H3,(H2,15,18)(H,16,20). The van der Waals surface area contributed by atoms with Crippen molar-refractivity contribution >= 4 is 29.2 Å². The lowest BCUT2D eigenvalue weighted by molar-refractivity contribution is -0.118. The van der Waals surface area contributed by atoms with Crippen molar-refractivity contribution in [2.24, 2.45) is 5.73 Å². The number of aryl methyl sites for hydroxylation is 1. The molecule has 0 atom stereocenters. The minimum Gasteiger partial charge on any atom is -0.491 e. The predicted octanol–water partition coefficient (Wildman–Crippen LogP) is 2.75. The summed E-state index contributed by atoms with van der Waals surface area (Å²) in [4.78, 5) is 14.0. The topological polar surface area (TPSA) is 73.0 Å². The van der Waals surface area contributed by atoms with Gasteiger partial charge < -0.3 is 20.0 Å². The number of H-pyrrole nitrogens is 1. The van der Waals surface area contributed by atoms with Crippen LogP contribution < -0.4 is 10.5 Å². The summed E-state index contributed by atoms with van der Waals surface area (Å²) in [5, 5.41) is 0. The molecule has 1 heterocycles. The molecular weight excluding hydrogens is 274 g/mol. The van der Waals surface area contributed by atoms with E-state index in [4.69, 9.17) is 22.7 Å². The lowest BCUT2D eigenvalue weighted by Gasteiger charge is -2.06. The molecule has 6 heteroatoms. The minimum absolute atomic E-state index is 0.289. The Kier molecular flexibility index (Phi) is 4.79. The van der Waals surface area contributed by atoms with Gasteiger partial charge in [-0.15, -0.1) is 0 Å². The van der Waals surface area contributed by atoms with Crippen LogP contribution in [0.3, 0.4) is 0 Å². The van der Waals surface area contributed by atoms with Gasteiger partial charge in [0.25, 0.3) is 0 Å². The summed E-state index contributed by atoms with van der Waals surface area (Å²) >= 11 is 5.34. The molecule has 1 aromatic carbocycles. The fraction of sp³-hybridized carbons (Fsp3) is 0.429. The van der Waals surface area contributed by atoms with Crippen LogP contribution in [-0.4, -0.2) is 22.1 Å². The highest BCUT2D eigenvalue weighted by molar-refractivity contribution is 7.71. The number of rotatable bonds is 7. The molecule has 1 amide bonds. The van der Waals surface area contributed by atoms with Gasteiger partial charge in [0, 0.05) is 13.0 Å². The number of amides is 1. The third kappa shape index (κ3) is 3.19. The van der Waals surface area contributed by atoms with Gasteiger partial charge >= 0.3 is 0 Å². The van der Waals surface area contributed by atoms with Gasteiger partial charge in [-0.3, -0.25) is 4.79 Å². The number of aromatic amines is 1. The molecule has 0 aliphatic carbocycles. The smallest absolute Gasteiger partial charge is 0.217 e. The third-order valence-corrected chi connectivity index (χ3v) is 3.36. The average molecular weight is 293 g/mol. The van der Waals surface area contributed by atoms with E-state index in [0.717, 1.165) is 23.2 Å². The van der Waals surface area contributed by atoms with Gasteiger partial charge in [0.15, 0.2) is 4.77 Å². The summed E-state index contributed by atoms with van der Waals surface area (Å²) in [6, 6.07) is 5.86. The lowest BCUT2D eigenvalue weighted by Crippen LogP contribution is -2.11. The van der Waals surface area contributed by atoms with Crippen molar-refractivity contribution in [1.29, 1.82) is 0 Å². The molecule has 0 saturated heterocycles. The summed E-state index contributed by atoms with van der Waals surface area (Å²) in [5.41, 5.74) is 7.06. The molecule has 2 rings (SSSR count). The number of ether oxygens (including phenoxy) is 1. The van der Waals surface area contributed by atoms with Gasteiger partial charge in [-0.1, -0.05) is 13.0 Å². The largest absolute Gasteiger partial charge is 0.491 e. The van der Waals surface area contributed by atoms with E-state index in [0.29, 0.717) is 30.8 Å². The predicted molar refractivity (Wildman–Crippen MR) is 81.3 cm³/mol. The minimum atomic E-state index is -0.289. The number of aromatic nitrogens is 2. The normalized spacial score (nSPS) is 10.8. The van der Waals surface area contributed by atoms with Gasteiger partial charge in [-0.25, -0.2) is 0 Å². The van der Waals surface area contributed by atoms with E-state index in [-0.39, 0.29) is 5.91 Å². The van der Waals surface area contributed by atoms with Crippen molar-refractivity contribution < 1.29 is 9.53 Å². The quantitative estimate of drug-likeness (QED) is 0.771. The van der Waals surface area contributed by atoms with Crippen LogP contribution in [0.25, 0.3) is 11.0 Å². The Balaban J connectivity index is 2.29. The van der Waals surface area contributed by atoms with E-state index in [2.05, 4.69) is 11.9 Å². The van der Waals surface area contributed by atoms with Crippen molar-refractivity contribution in [1.82, 2.24) is 9.55 Å². The molecule has 0 fully saturated rings. The van der Waals surface area contributed by atoms with Gasteiger partial charge in [0.05, 0.1) is 12.1 Å². The van der Waals surface area contributed by atoms with Crippen molar-refractivity contribution in [3.8, 4) is 5.75 Å². The molecule has 0 spiro atoms. The molecule has 3 N–H and O–H groups in total. The Hall–Kier alpha value is -1.82. The number of benzene rings is 1. The van der Waals surface area contributed by atoms with Gasteiger partial charge in [-0.05, 0) is 37.2 Å². The molecular formula is C14H19N3O2S. The molecule has 2 aromatic rings. The fourth-order valence-electron chi connectivity index (χ4n) is 2.12. The van der Waals surface area contributed by atoms with Crippen LogP contribution in [0.15, 0.2) is 18.2 Å². The van der Waals surface area contributed by atoms with Crippen LogP contribution >= 0.6 is 12.2 Å². The van der Waals surface area contributed by atoms with Crippen LogP contribution in [0.1, 0.15) is 26.2 Å². The Labute approximate surface area is 122 Å². The zero-order chi connectivity index (χ0) is 14.5. The number of carbonyl (C=O) groups excluding carboxylic acids is 1. The van der Waals surface area contributed by atoms with Crippen LogP contribution in [0.4, 0.5) is 0 Å². The first-order valence-electron chi connectivity index (χ1n) is 6.76. The highest BCUT2D eigenvalue weighted by Gasteiger charge is 2.09. The first kappa shape index (κ1) is 14.6. The number of nitrogens with zero attached hydrogens (tertiary/aromatic N) is 1. The van der Waals surface area contributed by atoms with E-state index < -0.39 is 0 Å². The monoisotopic (exact) mass is 293 g/mol. The Bertz CT molecular complexity index is 660. The van der Waals surface area contributed by atoms with E-state index in [9.17, 15) is 4.79 Å². The number of hydrogen-bond donors (Lipinski definition) is 2. The second kappa shape index (κ2) is 6.56. The van der Waals surface area contributed by atoms with Crippen LogP contribution in [0.2, 0.25) is 0 Å². The number of nitrogens with one attached hydrogen (secondary N) is 1. The number of fused-ring (bicyclic) bond motifs is 1. The van der Waals surface area contributed by atoms with Crippen LogP contribution in [-0.2, 0) is 11.3 Å². The van der Waals surface area contributed by atoms with E-state index in [1.807, 2.05) is 22.8 Å². The maximum absolute atomic E-state index is 10.8. The van der Waals surface area contributed by atoms with Crippen molar-refractivity contribution in [3.05, 3.63) is 23.0 Å². The van der Waals surface area contributed by atoms with Crippen molar-refractivity contribution in [3.63, 3.8) is 0 Å². The first-order chi connectivity index (χ1) is 9.63. The lowest BCUT2D eigenvalue weighted by atomic mass is 10.2. The number of primary amides is 1. The number of hydrogen-bond acceptors (Lipinski definition) is 3. The molecule has 0 radical (unpaired) electrons. The van der Waals surface area contributed by atoms with E-state index in [1.165, 1.54) is 0 Å². The third-order valence-electron chi connectivity index (χ3n) is 3.04. The number of carbonyl (C=O) groups is 1. The molecule has 0 aliphatic heterocycles. The van der Waals surface area contributed by atoms with Crippen LogP contribution in [0.5, 0.6) is 5.75 Å². The molecule has 0 bridgehead atoms. The Morgan fingerprint density at radius 1 is 1.50 bits per heavy atom. The van der Waals surface area contributed by atoms with Crippen molar-refractivity contribution in [2.75, 3.05) is 6.61 Å². The summed E-state index contributed by atoms with van der Waals surface area (Å²) < 4.78 is 8.33. The maximum Gasteiger partial charge on any atom is 0.217 e. The molecule has 20 heavy (non-hydrogen) atoms. The molecule has 5 nitrogen and oxygen atoms in total. The molecule has 0 saturated carbocycles. The second-order valence-electron chi connectivity index (χ2n) is 4.65. The zero-order valence-electron chi connectivity index (χ0n) is 11.5. The highest BCUT2D eigenvalue weighted by Crippen LogP contribution is 2.25. The maximum atomic E-state index is 10.8. The van der Waals surface area contributed by atoms with E-state index >= 15 is 0 Å². The molecule has 108 valence electrons. The van der Waals surface area contributed by atoms with Gasteiger partial charge in [0.1, 0.15) is 11.3 Å². The van der Waals surface area contributed by atoms with E-state index in [1.54, 1.807) is 0 Å². The summed E-state index contributed by atoms with van der Waals surface area (Å²) in [5.74, 6) is 0.521. The Morgan fingerprint density at radius 3 is 3.00 bits per heavy atom. The Morgan fingerprint density at radius 2 is 2.30 bits per heavy atom. The summed E-state index contributed by atoms with van der Waals surface area (Å²) in [7, 11) is 0. The second-order valence-corrected chi connectivity index (χ2v) is 5.04. The molecule has 1 aromatic heterocycles. The van der Waals surface area contributed by atoms with Gasteiger partial charge in [-0.2, -0.15) is 0 Å². The average Bonchev–Trinajstić information content (AvgIpc) is 2.73. The van der Waals surface area contributed by atoms with Crippen LogP contribution in [0, 0.1) is 4.77 Å². The van der Waals surface area contributed by atoms with Gasteiger partial charge in [0.2, 0.25) is 5.91 Å². The highest BCUT2D eigenvalue weighted by atomic mass is 32.1. The SMILES string of the molecule is CCCOc1cccc2c1[nH]c(=S)n2CCCC(N)=O. The zero-order valence-corrected chi connectivity index (χ0v) is 12.3. The number of para-hydroxylation sites is 1. The number of nitrogens with two attached hydrogens (primary N) is 1. The number of imidazole rings is 1.